The minimum atomic E-state index is -2.71. The van der Waals surface area contributed by atoms with Crippen LogP contribution >= 0.6 is 0 Å². The minimum absolute atomic E-state index is 0.395. The van der Waals surface area contributed by atoms with E-state index >= 15 is 0 Å². The molecule has 5 heteroatoms. The third-order valence-corrected chi connectivity index (χ3v) is 5.76. The molecule has 2 aliphatic rings. The van der Waals surface area contributed by atoms with Gasteiger partial charge in [-0.3, -0.25) is 4.90 Å². The number of nitrogens with zero attached hydrogens (tertiary/aromatic N) is 1. The van der Waals surface area contributed by atoms with Crippen LogP contribution in [-0.2, 0) is 9.84 Å². The summed E-state index contributed by atoms with van der Waals surface area (Å²) in [5.41, 5.74) is 0. The van der Waals surface area contributed by atoms with Crippen molar-refractivity contribution in [3.05, 3.63) is 0 Å². The number of nitrogens with one attached hydrogen (secondary N) is 1. The molecule has 0 aliphatic carbocycles. The van der Waals surface area contributed by atoms with Crippen molar-refractivity contribution in [3.8, 4) is 0 Å². The van der Waals surface area contributed by atoms with Crippen LogP contribution in [-0.4, -0.2) is 57.0 Å². The smallest absolute Gasteiger partial charge is 0.150 e. The number of likely N-dealkylation sites (tertiary alicyclic amines) is 1. The topological polar surface area (TPSA) is 49.4 Å². The molecule has 0 aromatic carbocycles. The largest absolute Gasteiger partial charge is 0.317 e. The quantitative estimate of drug-likeness (QED) is 0.799. The van der Waals surface area contributed by atoms with Crippen LogP contribution in [0.25, 0.3) is 0 Å². The third kappa shape index (κ3) is 3.66. The zero-order valence-electron chi connectivity index (χ0n) is 10.7. The highest BCUT2D eigenvalue weighted by molar-refractivity contribution is 7.91. The SMILES string of the molecule is CCNCC1CCN(C2CCS(=O)(=O)CC2)C1. The first kappa shape index (κ1) is 13.3. The van der Waals surface area contributed by atoms with E-state index in [4.69, 9.17) is 0 Å². The van der Waals surface area contributed by atoms with Crippen molar-refractivity contribution in [1.29, 1.82) is 0 Å². The summed E-state index contributed by atoms with van der Waals surface area (Å²) in [6.45, 7) is 6.59. The van der Waals surface area contributed by atoms with Gasteiger partial charge < -0.3 is 5.32 Å². The average Bonchev–Trinajstić information content (AvgIpc) is 2.75. The van der Waals surface area contributed by atoms with Gasteiger partial charge in [-0.2, -0.15) is 0 Å². The Morgan fingerprint density at radius 1 is 1.24 bits per heavy atom. The van der Waals surface area contributed by atoms with Gasteiger partial charge in [-0.25, -0.2) is 8.42 Å². The van der Waals surface area contributed by atoms with Crippen LogP contribution in [0.5, 0.6) is 0 Å². The van der Waals surface area contributed by atoms with Gasteiger partial charge in [0, 0.05) is 12.6 Å². The van der Waals surface area contributed by atoms with E-state index in [1.165, 1.54) is 6.42 Å². The van der Waals surface area contributed by atoms with Crippen molar-refractivity contribution in [2.24, 2.45) is 5.92 Å². The molecule has 17 heavy (non-hydrogen) atoms. The summed E-state index contributed by atoms with van der Waals surface area (Å²) < 4.78 is 22.8. The molecule has 100 valence electrons. The number of rotatable bonds is 4. The van der Waals surface area contributed by atoms with E-state index in [2.05, 4.69) is 17.1 Å². The number of hydrogen-bond donors (Lipinski definition) is 1. The zero-order chi connectivity index (χ0) is 12.3. The van der Waals surface area contributed by atoms with Gasteiger partial charge in [0.25, 0.3) is 0 Å². The standard InChI is InChI=1S/C12H24N2O2S/c1-2-13-9-11-3-6-14(10-11)12-4-7-17(15,16)8-5-12/h11-13H,2-10H2,1H3. The summed E-state index contributed by atoms with van der Waals surface area (Å²) in [6.07, 6.45) is 2.95. The fourth-order valence-electron chi connectivity index (χ4n) is 2.95. The summed E-state index contributed by atoms with van der Waals surface area (Å²) in [7, 11) is -2.71. The average molecular weight is 260 g/mol. The van der Waals surface area contributed by atoms with Gasteiger partial charge in [0.05, 0.1) is 11.5 Å². The Hall–Kier alpha value is -0.130. The maximum Gasteiger partial charge on any atom is 0.150 e. The van der Waals surface area contributed by atoms with Crippen molar-refractivity contribution < 1.29 is 8.42 Å². The van der Waals surface area contributed by atoms with Crippen LogP contribution in [0.3, 0.4) is 0 Å². The molecule has 2 heterocycles. The molecule has 2 aliphatic heterocycles. The molecular formula is C12H24N2O2S. The monoisotopic (exact) mass is 260 g/mol. The van der Waals surface area contributed by atoms with Crippen LogP contribution in [0.2, 0.25) is 0 Å². The molecule has 0 amide bonds. The fourth-order valence-corrected chi connectivity index (χ4v) is 4.42. The van der Waals surface area contributed by atoms with E-state index in [9.17, 15) is 8.42 Å². The second-order valence-corrected chi connectivity index (χ2v) is 7.64. The van der Waals surface area contributed by atoms with Crippen LogP contribution in [0.15, 0.2) is 0 Å². The lowest BCUT2D eigenvalue weighted by Gasteiger charge is -2.31. The highest BCUT2D eigenvalue weighted by Gasteiger charge is 2.32. The van der Waals surface area contributed by atoms with E-state index in [0.717, 1.165) is 44.9 Å². The van der Waals surface area contributed by atoms with Crippen molar-refractivity contribution in [2.45, 2.75) is 32.2 Å². The molecule has 1 N–H and O–H groups in total. The molecule has 1 atom stereocenters. The van der Waals surface area contributed by atoms with Crippen LogP contribution in [0.4, 0.5) is 0 Å². The lowest BCUT2D eigenvalue weighted by molar-refractivity contribution is 0.218. The molecule has 0 aromatic heterocycles. The van der Waals surface area contributed by atoms with E-state index in [1.54, 1.807) is 0 Å². The van der Waals surface area contributed by atoms with Gasteiger partial charge in [0.15, 0.2) is 0 Å². The second-order valence-electron chi connectivity index (χ2n) is 5.34. The predicted molar refractivity (Wildman–Crippen MR) is 69.9 cm³/mol. The molecule has 1 unspecified atom stereocenters. The summed E-state index contributed by atoms with van der Waals surface area (Å²) in [4.78, 5) is 2.51. The van der Waals surface area contributed by atoms with Gasteiger partial charge in [-0.05, 0) is 44.8 Å². The van der Waals surface area contributed by atoms with E-state index < -0.39 is 9.84 Å². The first-order valence-electron chi connectivity index (χ1n) is 6.76. The van der Waals surface area contributed by atoms with Crippen LogP contribution in [0, 0.1) is 5.92 Å². The molecule has 2 saturated heterocycles. The predicted octanol–water partition coefficient (Wildman–Crippen LogP) is 0.495. The lowest BCUT2D eigenvalue weighted by Crippen LogP contribution is -2.40. The molecule has 2 fully saturated rings. The third-order valence-electron chi connectivity index (χ3n) is 4.04. The fraction of sp³-hybridized carbons (Fsp3) is 1.00. The normalized spacial score (nSPS) is 30.8. The highest BCUT2D eigenvalue weighted by Crippen LogP contribution is 2.24. The number of sulfone groups is 1. The minimum Gasteiger partial charge on any atom is -0.317 e. The Kier molecular flexibility index (Phi) is 4.44. The highest BCUT2D eigenvalue weighted by atomic mass is 32.2. The van der Waals surface area contributed by atoms with Crippen molar-refractivity contribution in [1.82, 2.24) is 10.2 Å². The Morgan fingerprint density at radius 2 is 1.94 bits per heavy atom. The van der Waals surface area contributed by atoms with Crippen LogP contribution < -0.4 is 5.32 Å². The Bertz CT molecular complexity index is 328. The van der Waals surface area contributed by atoms with Crippen molar-refractivity contribution >= 4 is 9.84 Å². The zero-order valence-corrected chi connectivity index (χ0v) is 11.5. The molecule has 0 radical (unpaired) electrons. The molecule has 4 nitrogen and oxygen atoms in total. The second kappa shape index (κ2) is 5.67. The van der Waals surface area contributed by atoms with E-state index in [-0.39, 0.29) is 0 Å². The maximum atomic E-state index is 11.4. The molecule has 2 rings (SSSR count). The summed E-state index contributed by atoms with van der Waals surface area (Å²) in [5.74, 6) is 1.55. The summed E-state index contributed by atoms with van der Waals surface area (Å²) in [6, 6.07) is 0.519. The van der Waals surface area contributed by atoms with Gasteiger partial charge >= 0.3 is 0 Å². The van der Waals surface area contributed by atoms with Crippen LogP contribution in [0.1, 0.15) is 26.2 Å². The summed E-state index contributed by atoms with van der Waals surface area (Å²) >= 11 is 0. The van der Waals surface area contributed by atoms with Crippen molar-refractivity contribution in [3.63, 3.8) is 0 Å². The lowest BCUT2D eigenvalue weighted by atomic mass is 10.1. The van der Waals surface area contributed by atoms with Gasteiger partial charge in [0.2, 0.25) is 0 Å². The first-order chi connectivity index (χ1) is 8.11. The van der Waals surface area contributed by atoms with Gasteiger partial charge in [0.1, 0.15) is 9.84 Å². The Labute approximate surface area is 105 Å². The molecular weight excluding hydrogens is 236 g/mol. The molecule has 0 spiro atoms. The maximum absolute atomic E-state index is 11.4. The summed E-state index contributed by atoms with van der Waals surface area (Å²) in [5, 5.41) is 3.40. The number of hydrogen-bond acceptors (Lipinski definition) is 4. The van der Waals surface area contributed by atoms with Crippen molar-refractivity contribution in [2.75, 3.05) is 37.7 Å². The van der Waals surface area contributed by atoms with Gasteiger partial charge in [-0.15, -0.1) is 0 Å². The molecule has 0 aromatic rings. The van der Waals surface area contributed by atoms with E-state index in [1.807, 2.05) is 0 Å². The van der Waals surface area contributed by atoms with Gasteiger partial charge in [-0.1, -0.05) is 6.92 Å². The molecule has 0 saturated carbocycles. The Balaban J connectivity index is 1.77. The Morgan fingerprint density at radius 3 is 2.59 bits per heavy atom. The van der Waals surface area contributed by atoms with E-state index in [0.29, 0.717) is 17.5 Å². The first-order valence-corrected chi connectivity index (χ1v) is 8.58. The molecule has 0 bridgehead atoms.